The molecule has 166 valence electrons. The zero-order valence-electron chi connectivity index (χ0n) is 17.9. The molecule has 0 radical (unpaired) electrons. The lowest BCUT2D eigenvalue weighted by Gasteiger charge is -2.12. The Bertz CT molecular complexity index is 1260. The lowest BCUT2D eigenvalue weighted by Crippen LogP contribution is -2.12. The molecule has 1 aromatic heterocycles. The summed E-state index contributed by atoms with van der Waals surface area (Å²) in [6.45, 7) is 0. The van der Waals surface area contributed by atoms with Gasteiger partial charge in [0.1, 0.15) is 23.1 Å². The lowest BCUT2D eigenvalue weighted by atomic mass is 10.1. The Labute approximate surface area is 189 Å². The molecule has 33 heavy (non-hydrogen) atoms. The van der Waals surface area contributed by atoms with E-state index in [1.807, 2.05) is 6.07 Å². The molecule has 0 spiro atoms. The van der Waals surface area contributed by atoms with Gasteiger partial charge in [0, 0.05) is 23.3 Å². The van der Waals surface area contributed by atoms with Gasteiger partial charge in [0.2, 0.25) is 5.88 Å². The maximum absolute atomic E-state index is 13.0. The first-order chi connectivity index (χ1) is 16.1. The number of benzene rings is 3. The standard InChI is InChI=1S/C25H20FN3O4/c1-31-20-10-11-22(23(15-20)32-2)27-25(30)17-5-3-4-16(14-17)21-12-13-24(29-28-21)33-19-8-6-18(26)7-9-19/h3-15H,1-2H3,(H,27,30). The van der Waals surface area contributed by atoms with Crippen LogP contribution in [0.2, 0.25) is 0 Å². The van der Waals surface area contributed by atoms with Crippen LogP contribution < -0.4 is 19.5 Å². The first kappa shape index (κ1) is 21.8. The average molecular weight is 445 g/mol. The molecule has 0 aliphatic rings. The number of nitrogens with zero attached hydrogens (tertiary/aromatic N) is 2. The topological polar surface area (TPSA) is 82.6 Å². The molecule has 0 fully saturated rings. The number of ether oxygens (including phenoxy) is 3. The normalized spacial score (nSPS) is 10.4. The summed E-state index contributed by atoms with van der Waals surface area (Å²) in [5, 5.41) is 11.1. The van der Waals surface area contributed by atoms with Gasteiger partial charge in [-0.25, -0.2) is 4.39 Å². The van der Waals surface area contributed by atoms with E-state index in [9.17, 15) is 9.18 Å². The van der Waals surface area contributed by atoms with Crippen LogP contribution in [-0.4, -0.2) is 30.3 Å². The van der Waals surface area contributed by atoms with Crippen molar-refractivity contribution in [2.75, 3.05) is 19.5 Å². The third kappa shape index (κ3) is 5.24. The number of hydrogen-bond donors (Lipinski definition) is 1. The number of anilines is 1. The third-order valence-electron chi connectivity index (χ3n) is 4.75. The van der Waals surface area contributed by atoms with Crippen molar-refractivity contribution in [3.63, 3.8) is 0 Å². The first-order valence-corrected chi connectivity index (χ1v) is 9.96. The number of hydrogen-bond acceptors (Lipinski definition) is 6. The summed E-state index contributed by atoms with van der Waals surface area (Å²) < 4.78 is 29.1. The Balaban J connectivity index is 1.49. The Kier molecular flexibility index (Phi) is 6.45. The molecule has 0 saturated carbocycles. The number of nitrogens with one attached hydrogen (secondary N) is 1. The predicted molar refractivity (Wildman–Crippen MR) is 121 cm³/mol. The minimum atomic E-state index is -0.349. The number of rotatable bonds is 7. The molecular weight excluding hydrogens is 425 g/mol. The quantitative estimate of drug-likeness (QED) is 0.413. The van der Waals surface area contributed by atoms with Gasteiger partial charge in [0.15, 0.2) is 0 Å². The zero-order valence-corrected chi connectivity index (χ0v) is 17.9. The van der Waals surface area contributed by atoms with Gasteiger partial charge in [-0.1, -0.05) is 12.1 Å². The largest absolute Gasteiger partial charge is 0.497 e. The molecule has 7 nitrogen and oxygen atoms in total. The summed E-state index contributed by atoms with van der Waals surface area (Å²) in [7, 11) is 3.08. The summed E-state index contributed by atoms with van der Waals surface area (Å²) in [6.07, 6.45) is 0. The zero-order chi connectivity index (χ0) is 23.2. The second-order valence-corrected chi connectivity index (χ2v) is 6.91. The van der Waals surface area contributed by atoms with Crippen molar-refractivity contribution in [2.24, 2.45) is 0 Å². The van der Waals surface area contributed by atoms with Crippen molar-refractivity contribution in [3.05, 3.63) is 90.2 Å². The fraction of sp³-hybridized carbons (Fsp3) is 0.0800. The van der Waals surface area contributed by atoms with Gasteiger partial charge in [-0.2, -0.15) is 0 Å². The average Bonchev–Trinajstić information content (AvgIpc) is 2.86. The number of halogens is 1. The van der Waals surface area contributed by atoms with Crippen molar-refractivity contribution >= 4 is 11.6 Å². The van der Waals surface area contributed by atoms with Crippen molar-refractivity contribution in [1.82, 2.24) is 10.2 Å². The highest BCUT2D eigenvalue weighted by atomic mass is 19.1. The minimum Gasteiger partial charge on any atom is -0.497 e. The molecule has 3 aromatic carbocycles. The third-order valence-corrected chi connectivity index (χ3v) is 4.75. The Hall–Kier alpha value is -4.46. The van der Waals surface area contributed by atoms with Gasteiger partial charge in [0.25, 0.3) is 5.91 Å². The van der Waals surface area contributed by atoms with Crippen LogP contribution in [0.5, 0.6) is 23.1 Å². The van der Waals surface area contributed by atoms with E-state index >= 15 is 0 Å². The van der Waals surface area contributed by atoms with E-state index in [0.717, 1.165) is 0 Å². The number of methoxy groups -OCH3 is 2. The fourth-order valence-corrected chi connectivity index (χ4v) is 3.07. The molecule has 0 unspecified atom stereocenters. The molecule has 0 atom stereocenters. The highest BCUT2D eigenvalue weighted by Crippen LogP contribution is 2.30. The summed E-state index contributed by atoms with van der Waals surface area (Å²) in [5.41, 5.74) is 2.25. The smallest absolute Gasteiger partial charge is 0.255 e. The molecule has 4 rings (SSSR count). The maximum atomic E-state index is 13.0. The van der Waals surface area contributed by atoms with Crippen LogP contribution >= 0.6 is 0 Å². The molecule has 8 heteroatoms. The highest BCUT2D eigenvalue weighted by molar-refractivity contribution is 6.05. The van der Waals surface area contributed by atoms with Crippen LogP contribution in [0, 0.1) is 5.82 Å². The van der Waals surface area contributed by atoms with Gasteiger partial charge in [-0.15, -0.1) is 10.2 Å². The van der Waals surface area contributed by atoms with Gasteiger partial charge >= 0.3 is 0 Å². The van der Waals surface area contributed by atoms with Crippen LogP contribution in [0.3, 0.4) is 0 Å². The molecule has 4 aromatic rings. The van der Waals surface area contributed by atoms with E-state index in [4.69, 9.17) is 14.2 Å². The van der Waals surface area contributed by atoms with E-state index in [-0.39, 0.29) is 17.6 Å². The van der Waals surface area contributed by atoms with Gasteiger partial charge in [-0.3, -0.25) is 4.79 Å². The first-order valence-electron chi connectivity index (χ1n) is 9.96. The van der Waals surface area contributed by atoms with Crippen LogP contribution in [0.4, 0.5) is 10.1 Å². The monoisotopic (exact) mass is 445 g/mol. The van der Waals surface area contributed by atoms with E-state index in [1.165, 1.54) is 31.4 Å². The molecule has 0 bridgehead atoms. The second-order valence-electron chi connectivity index (χ2n) is 6.91. The van der Waals surface area contributed by atoms with Crippen molar-refractivity contribution < 1.29 is 23.4 Å². The number of aromatic nitrogens is 2. The number of carbonyl (C=O) groups excluding carboxylic acids is 1. The predicted octanol–water partition coefficient (Wildman–Crippen LogP) is 5.34. The maximum Gasteiger partial charge on any atom is 0.255 e. The molecule has 0 aliphatic carbocycles. The summed E-state index contributed by atoms with van der Waals surface area (Å²) in [6, 6.07) is 21.2. The highest BCUT2D eigenvalue weighted by Gasteiger charge is 2.12. The van der Waals surface area contributed by atoms with E-state index in [1.54, 1.807) is 55.6 Å². The van der Waals surface area contributed by atoms with Gasteiger partial charge < -0.3 is 19.5 Å². The summed E-state index contributed by atoms with van der Waals surface area (Å²) in [4.78, 5) is 12.8. The van der Waals surface area contributed by atoms with E-state index < -0.39 is 0 Å². The molecule has 0 aliphatic heterocycles. The number of carbonyl (C=O) groups is 1. The van der Waals surface area contributed by atoms with Crippen LogP contribution in [-0.2, 0) is 0 Å². The van der Waals surface area contributed by atoms with Crippen molar-refractivity contribution in [2.45, 2.75) is 0 Å². The van der Waals surface area contributed by atoms with E-state index in [2.05, 4.69) is 15.5 Å². The Morgan fingerprint density at radius 3 is 2.33 bits per heavy atom. The minimum absolute atomic E-state index is 0.269. The summed E-state index contributed by atoms with van der Waals surface area (Å²) >= 11 is 0. The molecule has 0 saturated heterocycles. The molecule has 1 N–H and O–H groups in total. The van der Waals surface area contributed by atoms with E-state index in [0.29, 0.717) is 39.8 Å². The van der Waals surface area contributed by atoms with Crippen molar-refractivity contribution in [1.29, 1.82) is 0 Å². The second kappa shape index (κ2) is 9.78. The van der Waals surface area contributed by atoms with Crippen molar-refractivity contribution in [3.8, 4) is 34.4 Å². The molecular formula is C25H20FN3O4. The summed E-state index contributed by atoms with van der Waals surface area (Å²) in [5.74, 6) is 1.18. The van der Waals surface area contributed by atoms with Gasteiger partial charge in [-0.05, 0) is 54.6 Å². The molecule has 1 heterocycles. The van der Waals surface area contributed by atoms with Crippen LogP contribution in [0.15, 0.2) is 78.9 Å². The fourth-order valence-electron chi connectivity index (χ4n) is 3.07. The number of amides is 1. The Morgan fingerprint density at radius 2 is 1.64 bits per heavy atom. The van der Waals surface area contributed by atoms with Crippen LogP contribution in [0.1, 0.15) is 10.4 Å². The SMILES string of the molecule is COc1ccc(NC(=O)c2cccc(-c3ccc(Oc4ccc(F)cc4)nn3)c2)c(OC)c1. The van der Waals surface area contributed by atoms with Crippen LogP contribution in [0.25, 0.3) is 11.3 Å². The molecule has 1 amide bonds. The Morgan fingerprint density at radius 1 is 0.848 bits per heavy atom. The lowest BCUT2D eigenvalue weighted by molar-refractivity contribution is 0.102. The van der Waals surface area contributed by atoms with Gasteiger partial charge in [0.05, 0.1) is 25.6 Å².